The van der Waals surface area contributed by atoms with Crippen LogP contribution in [0.1, 0.15) is 11.1 Å². The van der Waals surface area contributed by atoms with Gasteiger partial charge in [0.15, 0.2) is 10.8 Å². The molecule has 0 aliphatic carbocycles. The molecule has 0 bridgehead atoms. The molecule has 1 aliphatic rings. The quantitative estimate of drug-likeness (QED) is 0.474. The number of aromatic nitrogens is 3. The van der Waals surface area contributed by atoms with Crippen molar-refractivity contribution in [3.05, 3.63) is 41.7 Å². The van der Waals surface area contributed by atoms with Crippen LogP contribution in [0.15, 0.2) is 35.6 Å². The number of anilines is 1. The van der Waals surface area contributed by atoms with Crippen molar-refractivity contribution >= 4 is 56.2 Å². The molecule has 2 aromatic heterocycles. The fourth-order valence-electron chi connectivity index (χ4n) is 2.81. The minimum atomic E-state index is -0.00451. The Morgan fingerprint density at radius 3 is 2.79 bits per heavy atom. The maximum absolute atomic E-state index is 12.2. The van der Waals surface area contributed by atoms with Gasteiger partial charge >= 0.3 is 0 Å². The predicted octanol–water partition coefficient (Wildman–Crippen LogP) is 3.36. The zero-order valence-corrected chi connectivity index (χ0v) is 18.0. The molecule has 146 valence electrons. The number of carbonyl (C=O) groups is 1. The number of amides is 1. The van der Waals surface area contributed by atoms with Gasteiger partial charge in [0.2, 0.25) is 5.91 Å². The molecule has 0 saturated carbocycles. The number of carbonyl (C=O) groups excluding carboxylic acids is 1. The first-order valence-corrected chi connectivity index (χ1v) is 12.0. The van der Waals surface area contributed by atoms with Crippen molar-refractivity contribution in [3.63, 3.8) is 0 Å². The largest absolute Gasteiger partial charge is 0.351 e. The van der Waals surface area contributed by atoms with E-state index in [1.807, 2.05) is 23.9 Å². The molecule has 1 N–H and O–H groups in total. The van der Waals surface area contributed by atoms with Crippen molar-refractivity contribution < 1.29 is 4.79 Å². The summed E-state index contributed by atoms with van der Waals surface area (Å²) in [6, 6.07) is 8.18. The first kappa shape index (κ1) is 19.5. The summed E-state index contributed by atoms with van der Waals surface area (Å²) in [5, 5.41) is 4.79. The number of hydrogen-bond acceptors (Lipinski definition) is 8. The summed E-state index contributed by atoms with van der Waals surface area (Å²) in [7, 11) is 0. The average molecular weight is 432 g/mol. The number of benzene rings is 1. The third-order valence-corrected chi connectivity index (χ3v) is 7.55. The predicted molar refractivity (Wildman–Crippen MR) is 118 cm³/mol. The van der Waals surface area contributed by atoms with Crippen LogP contribution in [0.3, 0.4) is 0 Å². The van der Waals surface area contributed by atoms with Crippen LogP contribution in [0, 0.1) is 6.92 Å². The Balaban J connectivity index is 1.37. The van der Waals surface area contributed by atoms with Crippen molar-refractivity contribution in [2.75, 3.05) is 35.2 Å². The number of thioether (sulfide) groups is 2. The molecular formula is C19H21N5OS3. The second-order valence-electron chi connectivity index (χ2n) is 6.48. The molecular weight excluding hydrogens is 410 g/mol. The molecule has 1 aromatic carbocycles. The molecule has 3 heterocycles. The Labute approximate surface area is 176 Å². The van der Waals surface area contributed by atoms with Crippen molar-refractivity contribution in [1.82, 2.24) is 20.3 Å². The fourth-order valence-corrected chi connectivity index (χ4v) is 5.68. The molecule has 1 saturated heterocycles. The summed E-state index contributed by atoms with van der Waals surface area (Å²) in [5.41, 5.74) is 3.03. The molecule has 9 heteroatoms. The Kier molecular flexibility index (Phi) is 6.33. The van der Waals surface area contributed by atoms with Gasteiger partial charge in [0.25, 0.3) is 0 Å². The molecule has 0 radical (unpaired) electrons. The van der Waals surface area contributed by atoms with Gasteiger partial charge in [-0.05, 0) is 12.5 Å². The van der Waals surface area contributed by atoms with Crippen LogP contribution in [0.25, 0.3) is 10.3 Å². The Bertz CT molecular complexity index is 954. The van der Waals surface area contributed by atoms with Gasteiger partial charge in [-0.15, -0.1) is 0 Å². The molecule has 0 atom stereocenters. The number of hydrogen-bond donors (Lipinski definition) is 1. The molecule has 6 nitrogen and oxygen atoms in total. The number of aryl methyl sites for hydroxylation is 1. The van der Waals surface area contributed by atoms with Gasteiger partial charge in [0, 0.05) is 31.1 Å². The lowest BCUT2D eigenvalue weighted by Crippen LogP contribution is -2.32. The monoisotopic (exact) mass is 431 g/mol. The fraction of sp³-hybridized carbons (Fsp3) is 0.368. The Morgan fingerprint density at radius 1 is 1.21 bits per heavy atom. The van der Waals surface area contributed by atoms with Crippen LogP contribution in [-0.4, -0.2) is 51.2 Å². The van der Waals surface area contributed by atoms with Gasteiger partial charge < -0.3 is 10.2 Å². The molecule has 28 heavy (non-hydrogen) atoms. The number of nitrogens with zero attached hydrogens (tertiary/aromatic N) is 4. The number of nitrogens with one attached hydrogen (secondary N) is 1. The summed E-state index contributed by atoms with van der Waals surface area (Å²) in [6.45, 7) is 4.62. The van der Waals surface area contributed by atoms with Crippen LogP contribution in [-0.2, 0) is 11.3 Å². The second-order valence-corrected chi connectivity index (χ2v) is 9.64. The highest BCUT2D eigenvalue weighted by molar-refractivity contribution is 8.00. The van der Waals surface area contributed by atoms with Crippen LogP contribution in [0.2, 0.25) is 0 Å². The number of rotatable bonds is 6. The second kappa shape index (κ2) is 9.11. The summed E-state index contributed by atoms with van der Waals surface area (Å²) in [5.74, 6) is 2.58. The van der Waals surface area contributed by atoms with E-state index >= 15 is 0 Å². The lowest BCUT2D eigenvalue weighted by molar-refractivity contribution is -0.118. The number of thiazole rings is 1. The van der Waals surface area contributed by atoms with Crippen LogP contribution >= 0.6 is 34.9 Å². The molecule has 3 aromatic rings. The summed E-state index contributed by atoms with van der Waals surface area (Å²) in [4.78, 5) is 27.9. The molecule has 1 fully saturated rings. The van der Waals surface area contributed by atoms with Crippen molar-refractivity contribution in [2.45, 2.75) is 18.5 Å². The zero-order chi connectivity index (χ0) is 19.3. The van der Waals surface area contributed by atoms with E-state index in [9.17, 15) is 4.79 Å². The maximum atomic E-state index is 12.2. The van der Waals surface area contributed by atoms with Crippen LogP contribution in [0.4, 0.5) is 5.13 Å². The van der Waals surface area contributed by atoms with Crippen molar-refractivity contribution in [3.8, 4) is 0 Å². The van der Waals surface area contributed by atoms with E-state index in [0.717, 1.165) is 50.7 Å². The van der Waals surface area contributed by atoms with E-state index in [0.29, 0.717) is 12.3 Å². The first-order chi connectivity index (χ1) is 13.7. The molecule has 0 spiro atoms. The molecule has 4 rings (SSSR count). The Morgan fingerprint density at radius 2 is 2.00 bits per heavy atom. The first-order valence-electron chi connectivity index (χ1n) is 9.08. The summed E-state index contributed by atoms with van der Waals surface area (Å²) < 4.78 is 0.965. The summed E-state index contributed by atoms with van der Waals surface area (Å²) in [6.07, 6.45) is 1.53. The van der Waals surface area contributed by atoms with E-state index < -0.39 is 0 Å². The zero-order valence-electron chi connectivity index (χ0n) is 15.6. The van der Waals surface area contributed by atoms with Gasteiger partial charge in [-0.25, -0.2) is 9.97 Å². The summed E-state index contributed by atoms with van der Waals surface area (Å²) >= 11 is 5.04. The van der Waals surface area contributed by atoms with Gasteiger partial charge in [-0.1, -0.05) is 52.9 Å². The standard InChI is InChI=1S/C19H21N5OS3/c1-13-2-4-14(5-3-13)10-20-15(25)11-27-18-16-17(21-12-22-18)23-19(28-16)24-6-8-26-9-7-24/h2-5,12H,6-11H2,1H3,(H,20,25). The van der Waals surface area contributed by atoms with Crippen molar-refractivity contribution in [2.24, 2.45) is 0 Å². The smallest absolute Gasteiger partial charge is 0.230 e. The average Bonchev–Trinajstić information content (AvgIpc) is 3.17. The SMILES string of the molecule is Cc1ccc(CNC(=O)CSc2ncnc3nc(N4CCSCC4)sc23)cc1. The Hall–Kier alpha value is -1.84. The molecule has 0 unspecified atom stereocenters. The van der Waals surface area contributed by atoms with Gasteiger partial charge in [0.1, 0.15) is 16.1 Å². The maximum Gasteiger partial charge on any atom is 0.230 e. The third-order valence-electron chi connectivity index (χ3n) is 4.38. The van der Waals surface area contributed by atoms with E-state index in [4.69, 9.17) is 0 Å². The van der Waals surface area contributed by atoms with E-state index in [2.05, 4.69) is 44.2 Å². The topological polar surface area (TPSA) is 71.0 Å². The number of fused-ring (bicyclic) bond motifs is 1. The van der Waals surface area contributed by atoms with Crippen LogP contribution < -0.4 is 10.2 Å². The molecule has 1 amide bonds. The third kappa shape index (κ3) is 4.76. The highest BCUT2D eigenvalue weighted by atomic mass is 32.2. The van der Waals surface area contributed by atoms with E-state index in [-0.39, 0.29) is 5.91 Å². The lowest BCUT2D eigenvalue weighted by Gasteiger charge is -2.25. The minimum Gasteiger partial charge on any atom is -0.351 e. The highest BCUT2D eigenvalue weighted by Crippen LogP contribution is 2.34. The van der Waals surface area contributed by atoms with Crippen molar-refractivity contribution in [1.29, 1.82) is 0 Å². The van der Waals surface area contributed by atoms with Gasteiger partial charge in [-0.3, -0.25) is 4.79 Å². The van der Waals surface area contributed by atoms with Gasteiger partial charge in [0.05, 0.1) is 5.75 Å². The highest BCUT2D eigenvalue weighted by Gasteiger charge is 2.18. The van der Waals surface area contributed by atoms with E-state index in [1.54, 1.807) is 11.3 Å². The minimum absolute atomic E-state index is 0.00451. The lowest BCUT2D eigenvalue weighted by atomic mass is 10.1. The molecule has 1 aliphatic heterocycles. The van der Waals surface area contributed by atoms with Gasteiger partial charge in [-0.2, -0.15) is 16.7 Å². The van der Waals surface area contributed by atoms with Crippen LogP contribution in [0.5, 0.6) is 0 Å². The normalized spacial score (nSPS) is 14.4. The van der Waals surface area contributed by atoms with E-state index in [1.165, 1.54) is 23.7 Å².